The summed E-state index contributed by atoms with van der Waals surface area (Å²) >= 11 is 3.37. The Morgan fingerprint density at radius 1 is 0.560 bits per heavy atom. The minimum atomic E-state index is -0.146. The molecule has 143 valence electrons. The number of carbonyl (C=O) groups is 1. The fourth-order valence-electron chi connectivity index (χ4n) is 0.938. The fourth-order valence-corrected chi connectivity index (χ4v) is 0.938. The van der Waals surface area contributed by atoms with Gasteiger partial charge < -0.3 is 0 Å². The molecule has 0 amide bonds. The van der Waals surface area contributed by atoms with Crippen LogP contribution in [0, 0.1) is 0 Å². The summed E-state index contributed by atoms with van der Waals surface area (Å²) in [4.78, 5) is 20.7. The molecule has 3 heterocycles. The maximum absolute atomic E-state index is 9.31. The van der Waals surface area contributed by atoms with Crippen molar-refractivity contribution in [2.45, 2.75) is 6.92 Å². The Morgan fingerprint density at radius 2 is 0.720 bits per heavy atom. The first-order chi connectivity index (χ1) is 10.7. The molecule has 0 saturated heterocycles. The van der Waals surface area contributed by atoms with E-state index in [1.54, 1.807) is 37.2 Å². The van der Waals surface area contributed by atoms with E-state index in [1.165, 1.54) is 6.92 Å². The topological polar surface area (TPSA) is 55.7 Å². The van der Waals surface area contributed by atoms with E-state index in [0.29, 0.717) is 0 Å². The largest absolute Gasteiger partial charge is 0.265 e. The Labute approximate surface area is 188 Å². The van der Waals surface area contributed by atoms with Crippen LogP contribution in [0.2, 0.25) is 0 Å². The Morgan fingerprint density at radius 3 is 0.760 bits per heavy atom. The summed E-state index contributed by atoms with van der Waals surface area (Å²) in [7, 11) is 0. The summed E-state index contributed by atoms with van der Waals surface area (Å²) < 4.78 is -0.146. The van der Waals surface area contributed by atoms with Gasteiger partial charge >= 0.3 is 32.2 Å². The van der Waals surface area contributed by atoms with Crippen molar-refractivity contribution in [3.05, 3.63) is 91.8 Å². The van der Waals surface area contributed by atoms with E-state index in [0.717, 1.165) is 0 Å². The zero-order chi connectivity index (χ0) is 16.3. The molecule has 0 aliphatic carbocycles. The van der Waals surface area contributed by atoms with Crippen LogP contribution in [0.5, 0.6) is 0 Å². The Kier molecular flexibility index (Phi) is 35.7. The molecule has 0 atom stereocenters. The average molecular weight is 516 g/mol. The number of aromatic nitrogens is 3. The molecule has 3 radical (unpaired) electrons. The molecule has 3 aromatic rings. The zero-order valence-electron chi connectivity index (χ0n) is 13.2. The summed E-state index contributed by atoms with van der Waals surface area (Å²) in [6, 6.07) is 17.1. The van der Waals surface area contributed by atoms with Gasteiger partial charge in [0.15, 0.2) is 0 Å². The normalized spacial score (nSPS) is 6.84. The van der Waals surface area contributed by atoms with Crippen LogP contribution in [0.3, 0.4) is 0 Å². The molecule has 0 bridgehead atoms. The van der Waals surface area contributed by atoms with Gasteiger partial charge in [-0.1, -0.05) is 18.2 Å². The Balaban J connectivity index is -0.000000114. The van der Waals surface area contributed by atoms with Gasteiger partial charge in [0.2, 0.25) is 0 Å². The van der Waals surface area contributed by atoms with E-state index in [1.807, 2.05) is 54.6 Å². The molecule has 0 N–H and O–H groups in total. The standard InChI is InChI=1S/3C5H5N.C2H3O.4Co/c3*1-2-4-6-5-3-1;1-2-3;;;;/h3*1-5H;1H3;;;;. The van der Waals surface area contributed by atoms with E-state index >= 15 is 0 Å². The molecule has 0 saturated carbocycles. The van der Waals surface area contributed by atoms with Crippen LogP contribution in [-0.4, -0.2) is 19.7 Å². The van der Waals surface area contributed by atoms with Crippen molar-refractivity contribution in [1.82, 2.24) is 15.0 Å². The van der Waals surface area contributed by atoms with Crippen molar-refractivity contribution < 1.29 is 70.9 Å². The van der Waals surface area contributed by atoms with Gasteiger partial charge in [0.1, 0.15) is 0 Å². The third-order valence-corrected chi connectivity index (χ3v) is 1.70. The van der Waals surface area contributed by atoms with E-state index in [9.17, 15) is 4.79 Å². The molecule has 8 heteroatoms. The first-order valence-electron chi connectivity index (χ1n) is 6.42. The third kappa shape index (κ3) is 35.2. The van der Waals surface area contributed by atoms with Gasteiger partial charge in [-0.2, -0.15) is 0 Å². The monoisotopic (exact) mass is 516 g/mol. The van der Waals surface area contributed by atoms with E-state index < -0.39 is 0 Å². The van der Waals surface area contributed by atoms with Gasteiger partial charge in [-0.25, -0.2) is 0 Å². The maximum atomic E-state index is 9.31. The van der Waals surface area contributed by atoms with Crippen LogP contribution >= 0.6 is 0 Å². The molecule has 0 spiro atoms. The third-order valence-electron chi connectivity index (χ3n) is 1.70. The molecule has 0 unspecified atom stereocenters. The van der Waals surface area contributed by atoms with Gasteiger partial charge in [0.05, 0.1) is 0 Å². The molecule has 0 aromatic carbocycles. The minimum Gasteiger partial charge on any atom is -0.265 e. The molecular weight excluding hydrogens is 498 g/mol. The van der Waals surface area contributed by atoms with Crippen LogP contribution < -0.4 is 0 Å². The summed E-state index contributed by atoms with van der Waals surface area (Å²) in [5.41, 5.74) is 0. The van der Waals surface area contributed by atoms with E-state index in [4.69, 9.17) is 0 Å². The predicted octanol–water partition coefficient (Wildman–Crippen LogP) is 3.32. The van der Waals surface area contributed by atoms with Gasteiger partial charge in [0, 0.05) is 87.5 Å². The quantitative estimate of drug-likeness (QED) is 0.461. The van der Waals surface area contributed by atoms with Crippen LogP contribution in [0.15, 0.2) is 91.8 Å². The van der Waals surface area contributed by atoms with Gasteiger partial charge in [-0.15, -0.1) is 0 Å². The van der Waals surface area contributed by atoms with Crippen molar-refractivity contribution in [3.63, 3.8) is 0 Å². The molecule has 3 rings (SSSR count). The second-order valence-electron chi connectivity index (χ2n) is 3.51. The van der Waals surface area contributed by atoms with Gasteiger partial charge in [-0.05, 0) is 36.4 Å². The number of hydrogen-bond acceptors (Lipinski definition) is 4. The molecule has 4 nitrogen and oxygen atoms in total. The van der Waals surface area contributed by atoms with Crippen LogP contribution in [0.25, 0.3) is 0 Å². The van der Waals surface area contributed by atoms with Crippen LogP contribution in [0.1, 0.15) is 6.92 Å². The predicted molar refractivity (Wildman–Crippen MR) is 83.4 cm³/mol. The molecule has 0 aliphatic heterocycles. The maximum Gasteiger partial charge on any atom is 0.0267 e. The van der Waals surface area contributed by atoms with Crippen LogP contribution in [0.4, 0.5) is 0 Å². The SMILES string of the molecule is C[C](=O)[Co].[Co].[Co].[Co].c1ccncc1.c1ccncc1.c1ccncc1. The Hall–Kier alpha value is -0.854. The summed E-state index contributed by atoms with van der Waals surface area (Å²) in [6.45, 7) is 1.39. The average Bonchev–Trinajstić information content (AvgIpc) is 2.60. The van der Waals surface area contributed by atoms with Crippen molar-refractivity contribution in [2.24, 2.45) is 0 Å². The number of pyridine rings is 3. The first kappa shape index (κ1) is 31.9. The summed E-state index contributed by atoms with van der Waals surface area (Å²) in [6.07, 6.45) is 10.5. The van der Waals surface area contributed by atoms with Crippen LogP contribution in [-0.2, 0) is 70.9 Å². The van der Waals surface area contributed by atoms with Crippen molar-refractivity contribution in [2.75, 3.05) is 0 Å². The molecule has 3 aromatic heterocycles. The number of nitrogens with zero attached hydrogens (tertiary/aromatic N) is 3. The summed E-state index contributed by atoms with van der Waals surface area (Å²) in [5, 5.41) is 0. The first-order valence-corrected chi connectivity index (χ1v) is 6.94. The van der Waals surface area contributed by atoms with E-state index in [2.05, 4.69) is 30.7 Å². The summed E-state index contributed by atoms with van der Waals surface area (Å²) in [5.74, 6) is 0. The second kappa shape index (κ2) is 28.0. The second-order valence-corrected chi connectivity index (χ2v) is 4.25. The van der Waals surface area contributed by atoms with Crippen molar-refractivity contribution >= 4 is 4.72 Å². The molecule has 25 heavy (non-hydrogen) atoms. The molecule has 0 aliphatic rings. The van der Waals surface area contributed by atoms with E-state index in [-0.39, 0.29) is 55.1 Å². The van der Waals surface area contributed by atoms with Crippen molar-refractivity contribution in [3.8, 4) is 0 Å². The number of carbonyl (C=O) groups excluding carboxylic acids is 1. The number of hydrogen-bond donors (Lipinski definition) is 0. The number of rotatable bonds is 0. The zero-order valence-corrected chi connectivity index (χ0v) is 17.4. The van der Waals surface area contributed by atoms with Crippen molar-refractivity contribution in [1.29, 1.82) is 0 Å². The fraction of sp³-hybridized carbons (Fsp3) is 0.0588. The van der Waals surface area contributed by atoms with Gasteiger partial charge in [0.25, 0.3) is 0 Å². The van der Waals surface area contributed by atoms with Gasteiger partial charge in [-0.3, -0.25) is 15.0 Å². The molecule has 0 fully saturated rings. The molecular formula is C17H18Co4N3O. The Bertz CT molecular complexity index is 402. The smallest absolute Gasteiger partial charge is 0.0267 e. The minimum absolute atomic E-state index is 0.